The van der Waals surface area contributed by atoms with Gasteiger partial charge in [0.05, 0.1) is 4.99 Å². The van der Waals surface area contributed by atoms with Gasteiger partial charge in [-0.05, 0) is 32.7 Å². The van der Waals surface area contributed by atoms with Gasteiger partial charge in [-0.3, -0.25) is 0 Å². The number of rotatable bonds is 4. The van der Waals surface area contributed by atoms with E-state index in [-0.39, 0.29) is 0 Å². The van der Waals surface area contributed by atoms with Crippen LogP contribution in [0.25, 0.3) is 0 Å². The Balaban J connectivity index is 2.23. The molecule has 0 aromatic rings. The molecule has 1 heterocycles. The molecule has 0 aromatic heterocycles. The highest BCUT2D eigenvalue weighted by Crippen LogP contribution is 2.13. The number of nitrogens with zero attached hydrogens (tertiary/aromatic N) is 1. The van der Waals surface area contributed by atoms with Gasteiger partial charge in [0.25, 0.3) is 0 Å². The summed E-state index contributed by atoms with van der Waals surface area (Å²) >= 11 is 5.42. The summed E-state index contributed by atoms with van der Waals surface area (Å²) < 4.78 is 0. The Hall–Kier alpha value is -0.150. The number of unbranched alkanes of at least 4 members (excludes halogenated alkanes) is 1. The highest BCUT2D eigenvalue weighted by atomic mass is 32.1. The number of piperidine rings is 1. The molecule has 1 fully saturated rings. The molecule has 14 heavy (non-hydrogen) atoms. The highest BCUT2D eigenvalue weighted by molar-refractivity contribution is 7.80. The minimum Gasteiger partial charge on any atom is -0.366 e. The Morgan fingerprint density at radius 3 is 2.57 bits per heavy atom. The van der Waals surface area contributed by atoms with Gasteiger partial charge in [0.2, 0.25) is 0 Å². The van der Waals surface area contributed by atoms with Crippen molar-refractivity contribution >= 4 is 17.2 Å². The van der Waals surface area contributed by atoms with Crippen molar-refractivity contribution in [1.29, 1.82) is 0 Å². The summed E-state index contributed by atoms with van der Waals surface area (Å²) in [7, 11) is 2.05. The average molecular weight is 214 g/mol. The first-order chi connectivity index (χ1) is 6.77. The van der Waals surface area contributed by atoms with Crippen LogP contribution in [-0.4, -0.2) is 36.1 Å². The van der Waals surface area contributed by atoms with Crippen LogP contribution in [0, 0.1) is 0 Å². The Kier molecular flexibility index (Phi) is 5.41. The lowest BCUT2D eigenvalue weighted by Crippen LogP contribution is -2.43. The second-order valence-corrected chi connectivity index (χ2v) is 4.52. The molecule has 0 bridgehead atoms. The summed E-state index contributed by atoms with van der Waals surface area (Å²) in [6, 6.07) is 0.709. The second-order valence-electron chi connectivity index (χ2n) is 4.05. The van der Waals surface area contributed by atoms with Gasteiger partial charge in [-0.1, -0.05) is 25.6 Å². The van der Waals surface area contributed by atoms with Gasteiger partial charge in [0.1, 0.15) is 0 Å². The fourth-order valence-corrected chi connectivity index (χ4v) is 2.23. The normalized spacial score (nSPS) is 18.6. The molecule has 0 amide bonds. The van der Waals surface area contributed by atoms with Crippen LogP contribution in [0.3, 0.4) is 0 Å². The van der Waals surface area contributed by atoms with Crippen LogP contribution in [-0.2, 0) is 0 Å². The first kappa shape index (κ1) is 11.9. The molecule has 0 atom stereocenters. The van der Waals surface area contributed by atoms with Crippen molar-refractivity contribution in [3.05, 3.63) is 0 Å². The lowest BCUT2D eigenvalue weighted by atomic mass is 10.0. The minimum atomic E-state index is 0.709. The Bertz CT molecular complexity index is 174. The van der Waals surface area contributed by atoms with E-state index in [2.05, 4.69) is 24.2 Å². The van der Waals surface area contributed by atoms with E-state index in [0.29, 0.717) is 6.04 Å². The van der Waals surface area contributed by atoms with Crippen molar-refractivity contribution in [3.63, 3.8) is 0 Å². The highest BCUT2D eigenvalue weighted by Gasteiger charge is 2.18. The summed E-state index contributed by atoms with van der Waals surface area (Å²) in [5.74, 6) is 0. The topological polar surface area (TPSA) is 15.3 Å². The summed E-state index contributed by atoms with van der Waals surface area (Å²) in [5.41, 5.74) is 0. The van der Waals surface area contributed by atoms with E-state index in [1.807, 2.05) is 0 Å². The number of likely N-dealkylation sites (tertiary alicyclic amines) is 1. The van der Waals surface area contributed by atoms with Crippen LogP contribution < -0.4 is 5.32 Å². The SMILES string of the molecule is CCCCC(=S)N1CCC(NC)CC1. The molecular weight excluding hydrogens is 192 g/mol. The number of hydrogen-bond donors (Lipinski definition) is 1. The molecule has 1 aliphatic heterocycles. The molecule has 0 spiro atoms. The average Bonchev–Trinajstić information content (AvgIpc) is 2.26. The molecule has 3 heteroatoms. The van der Waals surface area contributed by atoms with E-state index in [1.54, 1.807) is 0 Å². The number of thiocarbonyl (C=S) groups is 1. The molecule has 0 unspecified atom stereocenters. The van der Waals surface area contributed by atoms with Gasteiger partial charge in [0, 0.05) is 19.1 Å². The summed E-state index contributed by atoms with van der Waals surface area (Å²) in [6.45, 7) is 4.51. The van der Waals surface area contributed by atoms with Crippen molar-refractivity contribution < 1.29 is 0 Å². The van der Waals surface area contributed by atoms with Gasteiger partial charge >= 0.3 is 0 Å². The van der Waals surface area contributed by atoms with Crippen molar-refractivity contribution in [3.8, 4) is 0 Å². The monoisotopic (exact) mass is 214 g/mol. The molecule has 1 rings (SSSR count). The van der Waals surface area contributed by atoms with E-state index in [0.717, 1.165) is 19.5 Å². The van der Waals surface area contributed by atoms with Gasteiger partial charge in [0.15, 0.2) is 0 Å². The lowest BCUT2D eigenvalue weighted by molar-refractivity contribution is 0.291. The van der Waals surface area contributed by atoms with Crippen molar-refractivity contribution in [2.45, 2.75) is 45.1 Å². The van der Waals surface area contributed by atoms with Crippen molar-refractivity contribution in [2.24, 2.45) is 0 Å². The molecule has 1 saturated heterocycles. The quantitative estimate of drug-likeness (QED) is 0.722. The molecule has 0 radical (unpaired) electrons. The number of nitrogens with one attached hydrogen (secondary N) is 1. The largest absolute Gasteiger partial charge is 0.366 e. The summed E-state index contributed by atoms with van der Waals surface area (Å²) in [4.78, 5) is 3.57. The Morgan fingerprint density at radius 2 is 2.07 bits per heavy atom. The predicted molar refractivity (Wildman–Crippen MR) is 65.8 cm³/mol. The van der Waals surface area contributed by atoms with Crippen LogP contribution in [0.5, 0.6) is 0 Å². The molecule has 0 aliphatic carbocycles. The van der Waals surface area contributed by atoms with E-state index in [1.165, 1.54) is 30.7 Å². The van der Waals surface area contributed by atoms with Crippen LogP contribution in [0.15, 0.2) is 0 Å². The Labute approximate surface area is 93.1 Å². The predicted octanol–water partition coefficient (Wildman–Crippen LogP) is 2.19. The third-order valence-corrected chi connectivity index (χ3v) is 3.46. The number of hydrogen-bond acceptors (Lipinski definition) is 2. The molecule has 2 nitrogen and oxygen atoms in total. The zero-order valence-electron chi connectivity index (χ0n) is 9.38. The molecular formula is C11H22N2S. The van der Waals surface area contributed by atoms with Crippen LogP contribution in [0.2, 0.25) is 0 Å². The van der Waals surface area contributed by atoms with Gasteiger partial charge in [-0.25, -0.2) is 0 Å². The zero-order valence-corrected chi connectivity index (χ0v) is 10.2. The first-order valence-corrected chi connectivity index (χ1v) is 6.13. The fourth-order valence-electron chi connectivity index (χ4n) is 1.90. The maximum Gasteiger partial charge on any atom is 0.0779 e. The second kappa shape index (κ2) is 6.36. The van der Waals surface area contributed by atoms with Crippen molar-refractivity contribution in [2.75, 3.05) is 20.1 Å². The van der Waals surface area contributed by atoms with Gasteiger partial charge in [-0.2, -0.15) is 0 Å². The standard InChI is InChI=1S/C11H22N2S/c1-3-4-5-11(14)13-8-6-10(12-2)7-9-13/h10,12H,3-9H2,1-2H3. The van der Waals surface area contributed by atoms with Crippen LogP contribution in [0.4, 0.5) is 0 Å². The van der Waals surface area contributed by atoms with E-state index >= 15 is 0 Å². The van der Waals surface area contributed by atoms with Gasteiger partial charge in [-0.15, -0.1) is 0 Å². The Morgan fingerprint density at radius 1 is 1.43 bits per heavy atom. The van der Waals surface area contributed by atoms with E-state index < -0.39 is 0 Å². The maximum atomic E-state index is 5.42. The molecule has 1 N–H and O–H groups in total. The molecule has 82 valence electrons. The van der Waals surface area contributed by atoms with Crippen molar-refractivity contribution in [1.82, 2.24) is 10.2 Å². The third kappa shape index (κ3) is 3.54. The molecule has 0 saturated carbocycles. The lowest BCUT2D eigenvalue weighted by Gasteiger charge is -2.33. The van der Waals surface area contributed by atoms with Gasteiger partial charge < -0.3 is 10.2 Å². The smallest absolute Gasteiger partial charge is 0.0779 e. The minimum absolute atomic E-state index is 0.709. The maximum absolute atomic E-state index is 5.42. The van der Waals surface area contributed by atoms with Crippen LogP contribution >= 0.6 is 12.2 Å². The summed E-state index contributed by atoms with van der Waals surface area (Å²) in [5, 5.41) is 3.34. The molecule has 0 aromatic carbocycles. The first-order valence-electron chi connectivity index (χ1n) is 5.73. The third-order valence-electron chi connectivity index (χ3n) is 3.00. The van der Waals surface area contributed by atoms with E-state index in [9.17, 15) is 0 Å². The van der Waals surface area contributed by atoms with E-state index in [4.69, 9.17) is 12.2 Å². The van der Waals surface area contributed by atoms with Crippen LogP contribution in [0.1, 0.15) is 39.0 Å². The zero-order chi connectivity index (χ0) is 10.4. The molecule has 1 aliphatic rings. The fraction of sp³-hybridized carbons (Fsp3) is 0.909. The summed E-state index contributed by atoms with van der Waals surface area (Å²) in [6.07, 6.45) is 6.07.